The monoisotopic (exact) mass is 266 g/mol. The highest BCUT2D eigenvalue weighted by atomic mass is 35.5. The molecule has 2 aromatic rings. The maximum absolute atomic E-state index is 7.70. The summed E-state index contributed by atoms with van der Waals surface area (Å²) in [6.45, 7) is 6.24. The molecule has 1 aromatic heterocycles. The summed E-state index contributed by atoms with van der Waals surface area (Å²) in [5.41, 5.74) is 7.57. The van der Waals surface area contributed by atoms with Crippen LogP contribution in [0.25, 0.3) is 5.69 Å². The molecule has 0 aliphatic carbocycles. The van der Waals surface area contributed by atoms with Crippen LogP contribution in [0.2, 0.25) is 5.02 Å². The lowest BCUT2D eigenvalue weighted by atomic mass is 9.92. The molecule has 0 unspecified atom stereocenters. The predicted octanol–water partition coefficient (Wildman–Crippen LogP) is 2.84. The number of nitrogens with zero attached hydrogens (tertiary/aromatic N) is 2. The van der Waals surface area contributed by atoms with E-state index in [-0.39, 0.29) is 11.2 Å². The van der Waals surface area contributed by atoms with Crippen LogP contribution in [0.5, 0.6) is 5.75 Å². The summed E-state index contributed by atoms with van der Waals surface area (Å²) in [5, 5.41) is 12.6. The van der Waals surface area contributed by atoms with E-state index in [1.54, 1.807) is 22.9 Å². The van der Waals surface area contributed by atoms with Crippen LogP contribution in [0.4, 0.5) is 5.82 Å². The first-order chi connectivity index (χ1) is 8.29. The average molecular weight is 267 g/mol. The van der Waals surface area contributed by atoms with E-state index in [2.05, 4.69) is 25.9 Å². The molecule has 4 nitrogen and oxygen atoms in total. The first kappa shape index (κ1) is 12.8. The number of anilines is 1. The van der Waals surface area contributed by atoms with Gasteiger partial charge in [0.1, 0.15) is 10.8 Å². The van der Waals surface area contributed by atoms with E-state index in [1.165, 1.54) is 0 Å². The van der Waals surface area contributed by atoms with Gasteiger partial charge in [-0.05, 0) is 12.1 Å². The predicted molar refractivity (Wildman–Crippen MR) is 74.7 cm³/mol. The van der Waals surface area contributed by atoms with Crippen LogP contribution in [0, 0.1) is 0 Å². The molecule has 2 rings (SSSR count). The highest BCUT2D eigenvalue weighted by molar-refractivity contribution is 6.32. The van der Waals surface area contributed by atoms with Gasteiger partial charge in [-0.1, -0.05) is 32.4 Å². The van der Waals surface area contributed by atoms with Crippen molar-refractivity contribution in [2.75, 3.05) is 5.73 Å². The molecule has 0 bridgehead atoms. The maximum atomic E-state index is 7.70. The third-order valence-electron chi connectivity index (χ3n) is 2.70. The van der Waals surface area contributed by atoms with Gasteiger partial charge in [0, 0.05) is 11.5 Å². The van der Waals surface area contributed by atoms with Gasteiger partial charge in [0.05, 0.1) is 17.4 Å². The van der Waals surface area contributed by atoms with Crippen LogP contribution in [0.3, 0.4) is 0 Å². The fourth-order valence-corrected chi connectivity index (χ4v) is 1.73. The Morgan fingerprint density at radius 2 is 1.94 bits per heavy atom. The SMILES string of the molecule is CC(C)(C)c1cc(N)n(-c2ccc(Cl)c([OH2+])c2)n1. The minimum atomic E-state index is -0.0599. The minimum absolute atomic E-state index is 0.0599. The Morgan fingerprint density at radius 1 is 1.28 bits per heavy atom. The van der Waals surface area contributed by atoms with Crippen LogP contribution in [0.1, 0.15) is 26.5 Å². The zero-order valence-corrected chi connectivity index (χ0v) is 11.4. The first-order valence-corrected chi connectivity index (χ1v) is 6.04. The molecule has 1 heterocycles. The number of benzene rings is 1. The van der Waals surface area contributed by atoms with E-state index in [0.717, 1.165) is 11.4 Å². The quantitative estimate of drug-likeness (QED) is 0.807. The van der Waals surface area contributed by atoms with Crippen molar-refractivity contribution in [1.29, 1.82) is 0 Å². The Morgan fingerprint density at radius 3 is 2.44 bits per heavy atom. The summed E-state index contributed by atoms with van der Waals surface area (Å²) in [7, 11) is 0. The zero-order valence-electron chi connectivity index (χ0n) is 10.7. The van der Waals surface area contributed by atoms with Gasteiger partial charge in [-0.25, -0.2) is 4.68 Å². The maximum Gasteiger partial charge on any atom is 0.275 e. The second-order valence-corrected chi connectivity index (χ2v) is 5.69. The Bertz CT molecular complexity index is 584. The molecule has 0 aliphatic heterocycles. The summed E-state index contributed by atoms with van der Waals surface area (Å²) in [5.74, 6) is 0.822. The molecule has 0 amide bonds. The molecule has 0 saturated heterocycles. The smallest absolute Gasteiger partial charge is 0.275 e. The van der Waals surface area contributed by atoms with Crippen molar-refractivity contribution >= 4 is 17.4 Å². The number of rotatable bonds is 1. The molecule has 0 radical (unpaired) electrons. The Hall–Kier alpha value is -1.68. The standard InChI is InChI=1S/C13H16ClN3O/c1-13(2,3)11-7-12(15)17(16-11)8-4-5-9(14)10(18)6-8/h4-7,18H,15H2,1-3H3/p+1. The van der Waals surface area contributed by atoms with E-state index in [1.807, 2.05) is 6.07 Å². The van der Waals surface area contributed by atoms with E-state index in [4.69, 9.17) is 22.4 Å². The fraction of sp³-hybridized carbons (Fsp3) is 0.308. The van der Waals surface area contributed by atoms with Crippen molar-refractivity contribution in [2.45, 2.75) is 26.2 Å². The third-order valence-corrected chi connectivity index (χ3v) is 3.03. The van der Waals surface area contributed by atoms with E-state index < -0.39 is 0 Å². The summed E-state index contributed by atoms with van der Waals surface area (Å²) in [6.07, 6.45) is 0. The lowest BCUT2D eigenvalue weighted by molar-refractivity contribution is 0.475. The van der Waals surface area contributed by atoms with Crippen molar-refractivity contribution < 1.29 is 5.11 Å². The molecule has 0 fully saturated rings. The van der Waals surface area contributed by atoms with Crippen molar-refractivity contribution in [3.63, 3.8) is 0 Å². The first-order valence-electron chi connectivity index (χ1n) is 5.66. The molecule has 96 valence electrons. The number of halogens is 1. The lowest BCUT2D eigenvalue weighted by Gasteiger charge is -2.14. The summed E-state index contributed by atoms with van der Waals surface area (Å²) in [4.78, 5) is 0. The number of nitrogens with two attached hydrogens (primary N) is 1. The van der Waals surface area contributed by atoms with Gasteiger partial charge in [0.2, 0.25) is 0 Å². The van der Waals surface area contributed by atoms with E-state index >= 15 is 0 Å². The van der Waals surface area contributed by atoms with Crippen LogP contribution in [0.15, 0.2) is 24.3 Å². The number of hydrogen-bond acceptors (Lipinski definition) is 2. The van der Waals surface area contributed by atoms with Gasteiger partial charge in [0.25, 0.3) is 5.75 Å². The molecule has 5 heteroatoms. The molecule has 4 N–H and O–H groups in total. The van der Waals surface area contributed by atoms with Gasteiger partial charge >= 0.3 is 0 Å². The van der Waals surface area contributed by atoms with Crippen LogP contribution < -0.4 is 5.73 Å². The molecular weight excluding hydrogens is 250 g/mol. The molecule has 1 aromatic carbocycles. The molecule has 0 saturated carbocycles. The lowest BCUT2D eigenvalue weighted by Crippen LogP contribution is -2.12. The third kappa shape index (κ3) is 2.29. The Kier molecular flexibility index (Phi) is 2.99. The van der Waals surface area contributed by atoms with Crippen molar-refractivity contribution in [1.82, 2.24) is 9.78 Å². The normalized spacial score (nSPS) is 11.8. The molecule has 18 heavy (non-hydrogen) atoms. The van der Waals surface area contributed by atoms with Crippen molar-refractivity contribution in [3.05, 3.63) is 35.0 Å². The van der Waals surface area contributed by atoms with Gasteiger partial charge in [-0.15, -0.1) is 0 Å². The molecule has 0 atom stereocenters. The second-order valence-electron chi connectivity index (χ2n) is 5.28. The van der Waals surface area contributed by atoms with Crippen molar-refractivity contribution in [3.8, 4) is 11.4 Å². The largest absolute Gasteiger partial charge is 0.592 e. The number of nitrogen functional groups attached to an aromatic ring is 1. The summed E-state index contributed by atoms with van der Waals surface area (Å²) < 4.78 is 1.63. The molecular formula is C13H17ClN3O+. The van der Waals surface area contributed by atoms with Gasteiger partial charge in [-0.3, -0.25) is 0 Å². The van der Waals surface area contributed by atoms with E-state index in [9.17, 15) is 0 Å². The fourth-order valence-electron chi connectivity index (χ4n) is 1.61. The minimum Gasteiger partial charge on any atom is -0.592 e. The van der Waals surface area contributed by atoms with Crippen LogP contribution in [-0.4, -0.2) is 14.9 Å². The average Bonchev–Trinajstić information content (AvgIpc) is 2.64. The van der Waals surface area contributed by atoms with Gasteiger partial charge in [0.15, 0.2) is 0 Å². The zero-order chi connectivity index (χ0) is 13.5. The Balaban J connectivity index is 2.51. The summed E-state index contributed by atoms with van der Waals surface area (Å²) in [6, 6.07) is 6.99. The van der Waals surface area contributed by atoms with Gasteiger partial charge in [-0.2, -0.15) is 5.10 Å². The highest BCUT2D eigenvalue weighted by Crippen LogP contribution is 2.28. The van der Waals surface area contributed by atoms with E-state index in [0.29, 0.717) is 10.8 Å². The van der Waals surface area contributed by atoms with Gasteiger partial charge < -0.3 is 10.8 Å². The molecule has 0 aliphatic rings. The van der Waals surface area contributed by atoms with Crippen molar-refractivity contribution in [2.24, 2.45) is 0 Å². The summed E-state index contributed by atoms with van der Waals surface area (Å²) >= 11 is 5.84. The Labute approximate surface area is 111 Å². The van der Waals surface area contributed by atoms with Crippen LogP contribution in [-0.2, 0) is 5.41 Å². The topological polar surface area (TPSA) is 66.7 Å². The molecule has 0 spiro atoms. The highest BCUT2D eigenvalue weighted by Gasteiger charge is 2.20. The second kappa shape index (κ2) is 4.21. The van der Waals surface area contributed by atoms with Crippen LogP contribution >= 0.6 is 11.6 Å². The number of aromatic nitrogens is 2. The number of hydrogen-bond donors (Lipinski definition) is 1.